The summed E-state index contributed by atoms with van der Waals surface area (Å²) >= 11 is 5.94. The molecule has 20 heavy (non-hydrogen) atoms. The normalized spacial score (nSPS) is 19.9. The number of hydrogen-bond acceptors (Lipinski definition) is 2. The first-order valence-electron chi connectivity index (χ1n) is 6.94. The fourth-order valence-corrected chi connectivity index (χ4v) is 2.69. The predicted octanol–water partition coefficient (Wildman–Crippen LogP) is 3.91. The van der Waals surface area contributed by atoms with Crippen molar-refractivity contribution >= 4 is 11.6 Å². The van der Waals surface area contributed by atoms with Crippen molar-refractivity contribution in [2.45, 2.75) is 12.6 Å². The van der Waals surface area contributed by atoms with Crippen molar-refractivity contribution in [2.75, 3.05) is 19.7 Å². The van der Waals surface area contributed by atoms with Gasteiger partial charge in [0.15, 0.2) is 0 Å². The fraction of sp³-hybridized carbons (Fsp3) is 0.294. The Morgan fingerprint density at radius 1 is 1.05 bits per heavy atom. The third-order valence-corrected chi connectivity index (χ3v) is 3.89. The van der Waals surface area contributed by atoms with E-state index in [0.717, 1.165) is 31.3 Å². The Bertz CT molecular complexity index is 541. The van der Waals surface area contributed by atoms with Gasteiger partial charge in [-0.3, -0.25) is 4.90 Å². The Kier molecular flexibility index (Phi) is 4.36. The minimum absolute atomic E-state index is 0.143. The number of benzene rings is 2. The zero-order valence-electron chi connectivity index (χ0n) is 11.3. The molecular formula is C17H18ClNO. The fourth-order valence-electron chi connectivity index (χ4n) is 2.57. The van der Waals surface area contributed by atoms with Gasteiger partial charge in [-0.2, -0.15) is 0 Å². The molecule has 1 heterocycles. The summed E-state index contributed by atoms with van der Waals surface area (Å²) in [4.78, 5) is 2.44. The molecule has 0 unspecified atom stereocenters. The average molecular weight is 288 g/mol. The number of ether oxygens (including phenoxy) is 1. The van der Waals surface area contributed by atoms with Gasteiger partial charge in [0.05, 0.1) is 12.7 Å². The van der Waals surface area contributed by atoms with Crippen LogP contribution in [0.5, 0.6) is 0 Å². The van der Waals surface area contributed by atoms with E-state index in [1.54, 1.807) is 0 Å². The van der Waals surface area contributed by atoms with Crippen molar-refractivity contribution in [3.05, 3.63) is 70.7 Å². The maximum atomic E-state index is 5.94. The maximum absolute atomic E-state index is 5.94. The van der Waals surface area contributed by atoms with Crippen molar-refractivity contribution in [3.63, 3.8) is 0 Å². The molecule has 0 radical (unpaired) electrons. The second kappa shape index (κ2) is 6.40. The predicted molar refractivity (Wildman–Crippen MR) is 81.9 cm³/mol. The summed E-state index contributed by atoms with van der Waals surface area (Å²) < 4.78 is 5.89. The van der Waals surface area contributed by atoms with E-state index in [1.807, 2.05) is 12.1 Å². The Balaban J connectivity index is 1.66. The molecule has 2 nitrogen and oxygen atoms in total. The molecule has 1 atom stereocenters. The van der Waals surface area contributed by atoms with Crippen LogP contribution in [0.3, 0.4) is 0 Å². The molecule has 2 aromatic carbocycles. The maximum Gasteiger partial charge on any atom is 0.0952 e. The monoisotopic (exact) mass is 287 g/mol. The molecule has 0 saturated carbocycles. The van der Waals surface area contributed by atoms with Crippen LogP contribution in [0.4, 0.5) is 0 Å². The average Bonchev–Trinajstić information content (AvgIpc) is 2.49. The SMILES string of the molecule is Clc1ccc([C@@H]2CN(Cc3ccccc3)CCO2)cc1. The van der Waals surface area contributed by atoms with E-state index in [2.05, 4.69) is 47.4 Å². The second-order valence-corrected chi connectivity index (χ2v) is 5.57. The van der Waals surface area contributed by atoms with Gasteiger partial charge in [-0.05, 0) is 23.3 Å². The summed E-state index contributed by atoms with van der Waals surface area (Å²) in [6.07, 6.45) is 0.143. The van der Waals surface area contributed by atoms with Gasteiger partial charge in [0.25, 0.3) is 0 Å². The number of hydrogen-bond donors (Lipinski definition) is 0. The summed E-state index contributed by atoms with van der Waals surface area (Å²) in [5.74, 6) is 0. The van der Waals surface area contributed by atoms with Crippen molar-refractivity contribution in [1.29, 1.82) is 0 Å². The van der Waals surface area contributed by atoms with Crippen molar-refractivity contribution in [3.8, 4) is 0 Å². The third kappa shape index (κ3) is 3.40. The van der Waals surface area contributed by atoms with Crippen molar-refractivity contribution in [1.82, 2.24) is 4.90 Å². The second-order valence-electron chi connectivity index (χ2n) is 5.13. The van der Waals surface area contributed by atoms with E-state index in [4.69, 9.17) is 16.3 Å². The lowest BCUT2D eigenvalue weighted by molar-refractivity contribution is -0.0329. The molecule has 0 N–H and O–H groups in total. The van der Waals surface area contributed by atoms with Gasteiger partial charge in [-0.25, -0.2) is 0 Å². The summed E-state index contributed by atoms with van der Waals surface area (Å²) in [5.41, 5.74) is 2.55. The van der Waals surface area contributed by atoms with Crippen LogP contribution in [0.15, 0.2) is 54.6 Å². The van der Waals surface area contributed by atoms with Crippen LogP contribution >= 0.6 is 11.6 Å². The molecule has 1 aliphatic heterocycles. The van der Waals surface area contributed by atoms with E-state index < -0.39 is 0 Å². The molecule has 3 heteroatoms. The molecule has 104 valence electrons. The zero-order chi connectivity index (χ0) is 13.8. The quantitative estimate of drug-likeness (QED) is 0.848. The minimum atomic E-state index is 0.143. The van der Waals surface area contributed by atoms with Crippen LogP contribution < -0.4 is 0 Å². The number of nitrogens with zero attached hydrogens (tertiary/aromatic N) is 1. The lowest BCUT2D eigenvalue weighted by atomic mass is 10.1. The first-order valence-corrected chi connectivity index (χ1v) is 7.32. The number of rotatable bonds is 3. The lowest BCUT2D eigenvalue weighted by Crippen LogP contribution is -2.37. The molecule has 0 aromatic heterocycles. The minimum Gasteiger partial charge on any atom is -0.371 e. The van der Waals surface area contributed by atoms with Gasteiger partial charge < -0.3 is 4.74 Å². The molecule has 2 aromatic rings. The smallest absolute Gasteiger partial charge is 0.0952 e. The molecule has 0 spiro atoms. The third-order valence-electron chi connectivity index (χ3n) is 3.64. The Morgan fingerprint density at radius 3 is 2.55 bits per heavy atom. The summed E-state index contributed by atoms with van der Waals surface area (Å²) in [7, 11) is 0. The highest BCUT2D eigenvalue weighted by Gasteiger charge is 2.21. The Labute approximate surface area is 124 Å². The highest BCUT2D eigenvalue weighted by atomic mass is 35.5. The summed E-state index contributed by atoms with van der Waals surface area (Å²) in [6, 6.07) is 18.5. The highest BCUT2D eigenvalue weighted by molar-refractivity contribution is 6.30. The standard InChI is InChI=1S/C17H18ClNO/c18-16-8-6-15(7-9-16)17-13-19(10-11-20-17)12-14-4-2-1-3-5-14/h1-9,17H,10-13H2/t17-/m0/s1. The first-order chi connectivity index (χ1) is 9.81. The van der Waals surface area contributed by atoms with Crippen LogP contribution in [0.25, 0.3) is 0 Å². The van der Waals surface area contributed by atoms with Crippen LogP contribution in [0.2, 0.25) is 5.02 Å². The van der Waals surface area contributed by atoms with Crippen molar-refractivity contribution in [2.24, 2.45) is 0 Å². The number of morpholine rings is 1. The van der Waals surface area contributed by atoms with E-state index in [1.165, 1.54) is 11.1 Å². The molecule has 0 bridgehead atoms. The molecule has 1 saturated heterocycles. The first kappa shape index (κ1) is 13.6. The number of halogens is 1. The molecule has 1 aliphatic rings. The van der Waals surface area contributed by atoms with E-state index in [9.17, 15) is 0 Å². The van der Waals surface area contributed by atoms with Crippen LogP contribution in [-0.4, -0.2) is 24.6 Å². The van der Waals surface area contributed by atoms with Gasteiger partial charge in [0, 0.05) is 24.7 Å². The van der Waals surface area contributed by atoms with Gasteiger partial charge in [-0.15, -0.1) is 0 Å². The van der Waals surface area contributed by atoms with Gasteiger partial charge in [0.1, 0.15) is 0 Å². The van der Waals surface area contributed by atoms with Crippen molar-refractivity contribution < 1.29 is 4.74 Å². The Morgan fingerprint density at radius 2 is 1.80 bits per heavy atom. The summed E-state index contributed by atoms with van der Waals surface area (Å²) in [6.45, 7) is 3.67. The molecule has 1 fully saturated rings. The zero-order valence-corrected chi connectivity index (χ0v) is 12.1. The topological polar surface area (TPSA) is 12.5 Å². The van der Waals surface area contributed by atoms with E-state index in [-0.39, 0.29) is 6.10 Å². The van der Waals surface area contributed by atoms with Crippen LogP contribution in [0, 0.1) is 0 Å². The van der Waals surface area contributed by atoms with Gasteiger partial charge in [-0.1, -0.05) is 54.1 Å². The lowest BCUT2D eigenvalue weighted by Gasteiger charge is -2.33. The highest BCUT2D eigenvalue weighted by Crippen LogP contribution is 2.24. The largest absolute Gasteiger partial charge is 0.371 e. The van der Waals surface area contributed by atoms with E-state index in [0.29, 0.717) is 0 Å². The molecular weight excluding hydrogens is 270 g/mol. The van der Waals surface area contributed by atoms with Gasteiger partial charge >= 0.3 is 0 Å². The summed E-state index contributed by atoms with van der Waals surface area (Å²) in [5, 5.41) is 0.769. The van der Waals surface area contributed by atoms with Crippen LogP contribution in [-0.2, 0) is 11.3 Å². The Hall–Kier alpha value is -1.35. The van der Waals surface area contributed by atoms with Crippen LogP contribution in [0.1, 0.15) is 17.2 Å². The molecule has 3 rings (SSSR count). The molecule has 0 aliphatic carbocycles. The van der Waals surface area contributed by atoms with Gasteiger partial charge in [0.2, 0.25) is 0 Å². The molecule has 0 amide bonds. The van der Waals surface area contributed by atoms with E-state index >= 15 is 0 Å².